The highest BCUT2D eigenvalue weighted by Crippen LogP contribution is 2.20. The van der Waals surface area contributed by atoms with Gasteiger partial charge in [0, 0.05) is 39.0 Å². The van der Waals surface area contributed by atoms with E-state index in [-0.39, 0.29) is 11.5 Å². The van der Waals surface area contributed by atoms with E-state index in [1.54, 1.807) is 0 Å². The van der Waals surface area contributed by atoms with Crippen LogP contribution in [0.1, 0.15) is 30.6 Å². The Balaban J connectivity index is 1.38. The molecule has 0 saturated carbocycles. The first kappa shape index (κ1) is 18.5. The maximum Gasteiger partial charge on any atom is 0.280 e. The smallest absolute Gasteiger partial charge is 0.280 e. The highest BCUT2D eigenvalue weighted by atomic mass is 16.5. The molecule has 0 radical (unpaired) electrons. The third-order valence-corrected chi connectivity index (χ3v) is 5.07. The average molecular weight is 357 g/mol. The van der Waals surface area contributed by atoms with Crippen molar-refractivity contribution in [1.29, 1.82) is 0 Å². The minimum absolute atomic E-state index is 0.0977. The van der Waals surface area contributed by atoms with Crippen molar-refractivity contribution in [2.75, 3.05) is 26.7 Å². The lowest BCUT2D eigenvalue weighted by atomic mass is 9.95. The summed E-state index contributed by atoms with van der Waals surface area (Å²) in [4.78, 5) is 27.6. The zero-order valence-corrected chi connectivity index (χ0v) is 15.3. The van der Waals surface area contributed by atoms with Crippen molar-refractivity contribution in [2.45, 2.75) is 32.2 Å². The number of hydrogen-bond donors (Lipinski definition) is 1. The molecular weight excluding hydrogens is 330 g/mol. The van der Waals surface area contributed by atoms with E-state index in [0.29, 0.717) is 24.5 Å². The van der Waals surface area contributed by atoms with Crippen LogP contribution in [0.15, 0.2) is 45.7 Å². The lowest BCUT2D eigenvalue weighted by Gasteiger charge is -2.34. The summed E-state index contributed by atoms with van der Waals surface area (Å²) in [7, 11) is 1.87. The van der Waals surface area contributed by atoms with Gasteiger partial charge >= 0.3 is 0 Å². The molecule has 2 aromatic rings. The van der Waals surface area contributed by atoms with Crippen LogP contribution in [0.4, 0.5) is 0 Å². The van der Waals surface area contributed by atoms with Crippen LogP contribution in [0.2, 0.25) is 0 Å². The van der Waals surface area contributed by atoms with Crippen LogP contribution in [-0.2, 0) is 17.8 Å². The second kappa shape index (κ2) is 8.85. The van der Waals surface area contributed by atoms with Gasteiger partial charge in [-0.05, 0) is 37.4 Å². The third kappa shape index (κ3) is 5.33. The second-order valence-electron chi connectivity index (χ2n) is 7.16. The third-order valence-electron chi connectivity index (χ3n) is 5.07. The number of H-pyrrole nitrogens is 1. The van der Waals surface area contributed by atoms with Crippen LogP contribution in [0.5, 0.6) is 0 Å². The summed E-state index contributed by atoms with van der Waals surface area (Å²) in [6, 6.07) is 12.0. The Morgan fingerprint density at radius 1 is 1.27 bits per heavy atom. The van der Waals surface area contributed by atoms with E-state index >= 15 is 0 Å². The number of aromatic amines is 1. The molecule has 1 aliphatic rings. The molecule has 1 aromatic carbocycles. The van der Waals surface area contributed by atoms with Crippen LogP contribution < -0.4 is 5.56 Å². The summed E-state index contributed by atoms with van der Waals surface area (Å²) in [5.74, 6) is 1.19. The maximum absolute atomic E-state index is 12.3. The fraction of sp³-hybridized carbons (Fsp3) is 0.500. The lowest BCUT2D eigenvalue weighted by molar-refractivity contribution is -0.130. The lowest BCUT2D eigenvalue weighted by Crippen LogP contribution is -2.39. The molecule has 0 atom stereocenters. The molecule has 1 fully saturated rings. The average Bonchev–Trinajstić information content (AvgIpc) is 3.07. The number of amides is 1. The molecule has 0 bridgehead atoms. The predicted molar refractivity (Wildman–Crippen MR) is 99.7 cm³/mol. The molecule has 140 valence electrons. The van der Waals surface area contributed by atoms with Gasteiger partial charge in [0.1, 0.15) is 5.76 Å². The van der Waals surface area contributed by atoms with Crippen molar-refractivity contribution < 1.29 is 9.32 Å². The van der Waals surface area contributed by atoms with Crippen LogP contribution in [-0.4, -0.2) is 47.5 Å². The van der Waals surface area contributed by atoms with E-state index in [0.717, 1.165) is 39.0 Å². The van der Waals surface area contributed by atoms with E-state index in [1.807, 2.05) is 18.0 Å². The van der Waals surface area contributed by atoms with E-state index in [1.165, 1.54) is 11.6 Å². The molecule has 0 aliphatic carbocycles. The number of carbonyl (C=O) groups is 1. The minimum Gasteiger partial charge on any atom is -0.384 e. The number of benzene rings is 1. The highest BCUT2D eigenvalue weighted by molar-refractivity contribution is 5.76. The van der Waals surface area contributed by atoms with Crippen molar-refractivity contribution in [3.05, 3.63) is 58.1 Å². The zero-order chi connectivity index (χ0) is 18.4. The number of carbonyl (C=O) groups excluding carboxylic acids is 1. The number of nitrogens with zero attached hydrogens (tertiary/aromatic N) is 2. The van der Waals surface area contributed by atoms with Gasteiger partial charge in [0.2, 0.25) is 5.91 Å². The van der Waals surface area contributed by atoms with Crippen molar-refractivity contribution in [3.8, 4) is 0 Å². The second-order valence-corrected chi connectivity index (χ2v) is 7.16. The van der Waals surface area contributed by atoms with Gasteiger partial charge < -0.3 is 9.42 Å². The summed E-state index contributed by atoms with van der Waals surface area (Å²) in [5, 5.41) is 2.25. The number of hydrogen-bond acceptors (Lipinski definition) is 4. The van der Waals surface area contributed by atoms with Crippen LogP contribution in [0, 0.1) is 5.92 Å². The van der Waals surface area contributed by atoms with Crippen molar-refractivity contribution >= 4 is 5.91 Å². The molecule has 26 heavy (non-hydrogen) atoms. The quantitative estimate of drug-likeness (QED) is 0.825. The number of nitrogens with one attached hydrogen (secondary N) is 1. The Labute approximate surface area is 153 Å². The summed E-state index contributed by atoms with van der Waals surface area (Å²) in [6.07, 6.45) is 3.07. The van der Waals surface area contributed by atoms with Gasteiger partial charge in [-0.3, -0.25) is 14.5 Å². The molecule has 1 aromatic heterocycles. The first-order valence-electron chi connectivity index (χ1n) is 9.28. The molecule has 6 heteroatoms. The zero-order valence-electron chi connectivity index (χ0n) is 15.3. The first-order chi connectivity index (χ1) is 12.6. The fourth-order valence-electron chi connectivity index (χ4n) is 3.52. The molecule has 0 spiro atoms. The van der Waals surface area contributed by atoms with E-state index in [4.69, 9.17) is 4.52 Å². The van der Waals surface area contributed by atoms with E-state index in [2.05, 4.69) is 34.3 Å². The molecule has 1 amide bonds. The van der Waals surface area contributed by atoms with Gasteiger partial charge in [0.25, 0.3) is 5.56 Å². The fourth-order valence-corrected chi connectivity index (χ4v) is 3.52. The molecule has 1 N–H and O–H groups in total. The molecule has 1 saturated heterocycles. The SMILES string of the molecule is CN(CC1CCN(Cc2ccccc2)CC1)C(=O)CCc1cc(=O)[nH]o1. The van der Waals surface area contributed by atoms with Gasteiger partial charge in [-0.25, -0.2) is 0 Å². The Kier molecular flexibility index (Phi) is 6.28. The van der Waals surface area contributed by atoms with Crippen molar-refractivity contribution in [3.63, 3.8) is 0 Å². The minimum atomic E-state index is -0.261. The molecule has 6 nitrogen and oxygen atoms in total. The summed E-state index contributed by atoms with van der Waals surface area (Å²) < 4.78 is 4.99. The largest absolute Gasteiger partial charge is 0.384 e. The Morgan fingerprint density at radius 3 is 2.65 bits per heavy atom. The number of aryl methyl sites for hydroxylation is 1. The van der Waals surface area contributed by atoms with Crippen molar-refractivity contribution in [1.82, 2.24) is 15.0 Å². The van der Waals surface area contributed by atoms with Crippen LogP contribution >= 0.6 is 0 Å². The first-order valence-corrected chi connectivity index (χ1v) is 9.28. The summed E-state index contributed by atoms with van der Waals surface area (Å²) >= 11 is 0. The van der Waals surface area contributed by atoms with Gasteiger partial charge in [-0.15, -0.1) is 0 Å². The number of piperidine rings is 1. The Hall–Kier alpha value is -2.34. The number of rotatable bonds is 7. The summed E-state index contributed by atoms with van der Waals surface area (Å²) in [6.45, 7) is 3.96. The maximum atomic E-state index is 12.3. The molecule has 3 rings (SSSR count). The standard InChI is InChI=1S/C20H27N3O3/c1-22(20(25)8-7-18-13-19(24)21-26-18)14-17-9-11-23(12-10-17)15-16-5-3-2-4-6-16/h2-6,13,17H,7-12,14-15H2,1H3,(H,21,24). The molecule has 0 unspecified atom stereocenters. The van der Waals surface area contributed by atoms with E-state index in [9.17, 15) is 9.59 Å². The van der Waals surface area contributed by atoms with Crippen LogP contribution in [0.3, 0.4) is 0 Å². The number of likely N-dealkylation sites (tertiary alicyclic amines) is 1. The number of aromatic nitrogens is 1. The molecule has 2 heterocycles. The van der Waals surface area contributed by atoms with Gasteiger partial charge in [-0.2, -0.15) is 5.16 Å². The van der Waals surface area contributed by atoms with Gasteiger partial charge in [0.05, 0.1) is 0 Å². The topological polar surface area (TPSA) is 69.6 Å². The normalized spacial score (nSPS) is 15.9. The molecular formula is C20H27N3O3. The van der Waals surface area contributed by atoms with Gasteiger partial charge in [0.15, 0.2) is 0 Å². The Bertz CT molecular complexity index is 745. The monoisotopic (exact) mass is 357 g/mol. The molecule has 1 aliphatic heterocycles. The van der Waals surface area contributed by atoms with Crippen molar-refractivity contribution in [2.24, 2.45) is 5.92 Å². The summed E-state index contributed by atoms with van der Waals surface area (Å²) in [5.41, 5.74) is 1.10. The predicted octanol–water partition coefficient (Wildman–Crippen LogP) is 2.27. The van der Waals surface area contributed by atoms with Crippen LogP contribution in [0.25, 0.3) is 0 Å². The Morgan fingerprint density at radius 2 is 2.00 bits per heavy atom. The van der Waals surface area contributed by atoms with Gasteiger partial charge in [-0.1, -0.05) is 30.3 Å². The highest BCUT2D eigenvalue weighted by Gasteiger charge is 2.22. The van der Waals surface area contributed by atoms with E-state index < -0.39 is 0 Å².